The molecule has 14 heteroatoms. The van der Waals surface area contributed by atoms with E-state index in [1.165, 1.54) is 13.8 Å². The van der Waals surface area contributed by atoms with Crippen molar-refractivity contribution >= 4 is 11.4 Å². The largest absolute Gasteiger partial charge is 0.390 e. The molecule has 0 aromatic heterocycles. The van der Waals surface area contributed by atoms with Gasteiger partial charge in [0.05, 0.1) is 11.1 Å². The summed E-state index contributed by atoms with van der Waals surface area (Å²) in [6.07, 6.45) is 0. The second kappa shape index (κ2) is 9.87. The second-order valence-electron chi connectivity index (χ2n) is 6.00. The van der Waals surface area contributed by atoms with Crippen LogP contribution in [0.2, 0.25) is 0 Å². The lowest BCUT2D eigenvalue weighted by molar-refractivity contribution is 0.120. The Bertz CT molecular complexity index is 972. The highest BCUT2D eigenvalue weighted by atomic mass is 19.2. The van der Waals surface area contributed by atoms with Crippen LogP contribution in [0.3, 0.4) is 0 Å². The quantitative estimate of drug-likeness (QED) is 0.173. The normalized spacial score (nSPS) is 12.4. The van der Waals surface area contributed by atoms with E-state index < -0.39 is 82.5 Å². The zero-order chi connectivity index (χ0) is 24.3. The van der Waals surface area contributed by atoms with Gasteiger partial charge in [-0.25, -0.2) is 43.9 Å². The number of oxime groups is 2. The SMILES string of the molecule is CC(=N/OCc1c(F)c(F)c(F)c(F)c1F)/C(C)=N\OCc1c(F)c(F)c(F)c(F)c1F. The molecule has 0 saturated heterocycles. The highest BCUT2D eigenvalue weighted by molar-refractivity contribution is 6.40. The van der Waals surface area contributed by atoms with E-state index in [1.54, 1.807) is 0 Å². The van der Waals surface area contributed by atoms with Crippen LogP contribution in [0.4, 0.5) is 43.9 Å². The summed E-state index contributed by atoms with van der Waals surface area (Å²) in [5.41, 5.74) is -2.97. The topological polar surface area (TPSA) is 43.2 Å². The Kier molecular flexibility index (Phi) is 7.69. The van der Waals surface area contributed by atoms with Gasteiger partial charge in [0.15, 0.2) is 46.5 Å². The highest BCUT2D eigenvalue weighted by Gasteiger charge is 2.27. The number of halogens is 10. The molecular weight excluding hydrogens is 466 g/mol. The van der Waals surface area contributed by atoms with Crippen LogP contribution < -0.4 is 0 Å². The van der Waals surface area contributed by atoms with E-state index in [1.807, 2.05) is 0 Å². The average Bonchev–Trinajstić information content (AvgIpc) is 2.77. The molecule has 0 spiro atoms. The fraction of sp³-hybridized carbons (Fsp3) is 0.222. The smallest absolute Gasteiger partial charge is 0.200 e. The van der Waals surface area contributed by atoms with Gasteiger partial charge in [0, 0.05) is 0 Å². The van der Waals surface area contributed by atoms with Gasteiger partial charge in [0.2, 0.25) is 11.6 Å². The zero-order valence-electron chi connectivity index (χ0n) is 15.9. The molecule has 0 aliphatic rings. The number of hydrogen-bond acceptors (Lipinski definition) is 4. The van der Waals surface area contributed by atoms with E-state index in [9.17, 15) is 43.9 Å². The van der Waals surface area contributed by atoms with Gasteiger partial charge in [-0.2, -0.15) is 0 Å². The lowest BCUT2D eigenvalue weighted by Gasteiger charge is -2.08. The number of benzene rings is 2. The van der Waals surface area contributed by atoms with Crippen LogP contribution >= 0.6 is 0 Å². The Balaban J connectivity index is 2.09. The molecule has 0 unspecified atom stereocenters. The van der Waals surface area contributed by atoms with Crippen LogP contribution in [-0.4, -0.2) is 11.4 Å². The molecule has 174 valence electrons. The minimum atomic E-state index is -2.35. The first-order valence-electron chi connectivity index (χ1n) is 8.24. The van der Waals surface area contributed by atoms with Gasteiger partial charge in [-0.1, -0.05) is 10.3 Å². The van der Waals surface area contributed by atoms with Gasteiger partial charge in [-0.05, 0) is 13.8 Å². The molecular formula is C18H10F10N2O2. The number of hydrogen-bond donors (Lipinski definition) is 0. The Morgan fingerprint density at radius 2 is 0.688 bits per heavy atom. The average molecular weight is 476 g/mol. The van der Waals surface area contributed by atoms with E-state index in [2.05, 4.69) is 20.0 Å². The lowest BCUT2D eigenvalue weighted by Crippen LogP contribution is -2.11. The van der Waals surface area contributed by atoms with Gasteiger partial charge in [-0.15, -0.1) is 0 Å². The maximum absolute atomic E-state index is 13.5. The molecule has 0 fully saturated rings. The van der Waals surface area contributed by atoms with Gasteiger partial charge < -0.3 is 9.68 Å². The summed E-state index contributed by atoms with van der Waals surface area (Å²) in [6.45, 7) is 0.0297. The van der Waals surface area contributed by atoms with Gasteiger partial charge >= 0.3 is 0 Å². The van der Waals surface area contributed by atoms with Crippen LogP contribution in [0, 0.1) is 58.2 Å². The molecule has 0 aliphatic carbocycles. The zero-order valence-corrected chi connectivity index (χ0v) is 15.9. The van der Waals surface area contributed by atoms with Crippen molar-refractivity contribution in [3.8, 4) is 0 Å². The van der Waals surface area contributed by atoms with E-state index in [0.29, 0.717) is 0 Å². The molecule has 32 heavy (non-hydrogen) atoms. The van der Waals surface area contributed by atoms with E-state index in [-0.39, 0.29) is 11.4 Å². The third-order valence-corrected chi connectivity index (χ3v) is 3.95. The fourth-order valence-electron chi connectivity index (χ4n) is 2.07. The minimum absolute atomic E-state index is 0.189. The Hall–Kier alpha value is -3.32. The summed E-state index contributed by atoms with van der Waals surface area (Å²) in [5, 5.41) is 6.60. The molecule has 0 N–H and O–H groups in total. The molecule has 0 bridgehead atoms. The molecule has 4 nitrogen and oxygen atoms in total. The van der Waals surface area contributed by atoms with E-state index >= 15 is 0 Å². The fourth-order valence-corrected chi connectivity index (χ4v) is 2.07. The molecule has 0 amide bonds. The van der Waals surface area contributed by atoms with Crippen molar-refractivity contribution in [1.82, 2.24) is 0 Å². The molecule has 0 atom stereocenters. The predicted octanol–water partition coefficient (Wildman–Crippen LogP) is 5.56. The highest BCUT2D eigenvalue weighted by Crippen LogP contribution is 2.24. The van der Waals surface area contributed by atoms with E-state index in [0.717, 1.165) is 0 Å². The van der Waals surface area contributed by atoms with Crippen LogP contribution in [0.25, 0.3) is 0 Å². The van der Waals surface area contributed by atoms with Crippen molar-refractivity contribution in [1.29, 1.82) is 0 Å². The molecule has 2 aromatic carbocycles. The van der Waals surface area contributed by atoms with Crippen molar-refractivity contribution < 1.29 is 53.6 Å². The first kappa shape index (κ1) is 24.9. The first-order valence-corrected chi connectivity index (χ1v) is 8.24. The summed E-state index contributed by atoms with van der Waals surface area (Å²) in [6, 6.07) is 0. The Morgan fingerprint density at radius 1 is 0.469 bits per heavy atom. The van der Waals surface area contributed by atoms with Crippen LogP contribution in [-0.2, 0) is 22.9 Å². The molecule has 0 aliphatic heterocycles. The predicted molar refractivity (Wildman–Crippen MR) is 88.3 cm³/mol. The van der Waals surface area contributed by atoms with Crippen molar-refractivity contribution in [3.63, 3.8) is 0 Å². The van der Waals surface area contributed by atoms with Gasteiger partial charge in [-0.3, -0.25) is 0 Å². The summed E-state index contributed by atoms with van der Waals surface area (Å²) in [5.74, 6) is -21.9. The summed E-state index contributed by atoms with van der Waals surface area (Å²) in [4.78, 5) is 9.03. The minimum Gasteiger partial charge on any atom is -0.390 e. The summed E-state index contributed by atoms with van der Waals surface area (Å²) < 4.78 is 133. The molecule has 2 rings (SSSR count). The monoisotopic (exact) mass is 476 g/mol. The van der Waals surface area contributed by atoms with Gasteiger partial charge in [0.25, 0.3) is 0 Å². The molecule has 2 aromatic rings. The van der Waals surface area contributed by atoms with Crippen molar-refractivity contribution in [2.45, 2.75) is 27.1 Å². The number of nitrogens with zero attached hydrogens (tertiary/aromatic N) is 2. The third kappa shape index (κ3) is 4.78. The maximum atomic E-state index is 13.5. The van der Waals surface area contributed by atoms with E-state index in [4.69, 9.17) is 0 Å². The maximum Gasteiger partial charge on any atom is 0.200 e. The van der Waals surface area contributed by atoms with Crippen LogP contribution in [0.5, 0.6) is 0 Å². The molecule has 0 radical (unpaired) electrons. The van der Waals surface area contributed by atoms with Crippen molar-refractivity contribution in [2.75, 3.05) is 0 Å². The van der Waals surface area contributed by atoms with Crippen LogP contribution in [0.1, 0.15) is 25.0 Å². The summed E-state index contributed by atoms with van der Waals surface area (Å²) in [7, 11) is 0. The molecule has 0 heterocycles. The lowest BCUT2D eigenvalue weighted by atomic mass is 10.2. The van der Waals surface area contributed by atoms with Crippen LogP contribution in [0.15, 0.2) is 10.3 Å². The second-order valence-corrected chi connectivity index (χ2v) is 6.00. The Morgan fingerprint density at radius 3 is 0.938 bits per heavy atom. The Labute approximate surface area is 172 Å². The van der Waals surface area contributed by atoms with Crippen molar-refractivity contribution in [3.05, 3.63) is 69.3 Å². The summed E-state index contributed by atoms with van der Waals surface area (Å²) >= 11 is 0. The van der Waals surface area contributed by atoms with Gasteiger partial charge in [0.1, 0.15) is 24.6 Å². The third-order valence-electron chi connectivity index (χ3n) is 3.95. The molecule has 0 saturated carbocycles. The van der Waals surface area contributed by atoms with Crippen molar-refractivity contribution in [2.24, 2.45) is 10.3 Å². The first-order chi connectivity index (χ1) is 14.9. The standard InChI is InChI=1S/C18H10F10N2O2/c1-5(29-31-3-7-9(19)13(23)17(27)14(24)10(7)20)6(2)30-32-4-8-11(21)15(25)18(28)16(26)12(8)22/h3-4H2,1-2H3/b29-5-,30-6-. The number of rotatable bonds is 7.